The molecule has 16 heavy (non-hydrogen) atoms. The Morgan fingerprint density at radius 2 is 1.69 bits per heavy atom. The maximum atomic E-state index is 10.4. The number of carbonyl (C=O) groups excluding carboxylic acids is 1. The predicted octanol–water partition coefficient (Wildman–Crippen LogP) is 2.64. The Hall–Kier alpha value is -2.19. The van der Waals surface area contributed by atoms with Crippen LogP contribution in [-0.4, -0.2) is 5.97 Å². The monoisotopic (exact) mass is 214 g/mol. The number of benzene rings is 1. The first kappa shape index (κ1) is 13.8. The van der Waals surface area contributed by atoms with E-state index < -0.39 is 0 Å². The van der Waals surface area contributed by atoms with Crippen molar-refractivity contribution in [2.75, 3.05) is 0 Å². The zero-order valence-electron chi connectivity index (χ0n) is 9.27. The summed E-state index contributed by atoms with van der Waals surface area (Å²) in [4.78, 5) is 10.4. The molecule has 82 valence electrons. The highest BCUT2D eigenvalue weighted by atomic mass is 16.5. The Labute approximate surface area is 96.6 Å². The van der Waals surface area contributed by atoms with Crippen LogP contribution in [0.3, 0.4) is 0 Å². The average Bonchev–Trinajstić information content (AvgIpc) is 2.28. The van der Waals surface area contributed by atoms with Gasteiger partial charge in [0, 0.05) is 19.8 Å². The van der Waals surface area contributed by atoms with Crippen molar-refractivity contribution >= 4 is 5.97 Å². The van der Waals surface area contributed by atoms with E-state index in [1.54, 1.807) is 12.1 Å². The first-order valence-corrected chi connectivity index (χ1v) is 4.81. The van der Waals surface area contributed by atoms with Crippen LogP contribution in [0.5, 0.6) is 5.75 Å². The van der Waals surface area contributed by atoms with E-state index in [0.29, 0.717) is 18.6 Å². The molecule has 0 bridgehead atoms. The lowest BCUT2D eigenvalue weighted by atomic mass is 10.3. The van der Waals surface area contributed by atoms with Gasteiger partial charge in [-0.1, -0.05) is 18.2 Å². The number of para-hydroxylation sites is 1. The molecule has 0 N–H and O–H groups in total. The molecule has 0 heterocycles. The van der Waals surface area contributed by atoms with Gasteiger partial charge >= 0.3 is 5.97 Å². The highest BCUT2D eigenvalue weighted by Gasteiger charge is 1.92. The molecule has 0 saturated heterocycles. The van der Waals surface area contributed by atoms with Crippen LogP contribution in [0.25, 0.3) is 0 Å². The van der Waals surface area contributed by atoms with Gasteiger partial charge in [0.15, 0.2) is 0 Å². The minimum atomic E-state index is -0.286. The van der Waals surface area contributed by atoms with E-state index in [4.69, 9.17) is 17.6 Å². The Balaban J connectivity index is 0.000000325. The minimum Gasteiger partial charge on any atom is -0.427 e. The van der Waals surface area contributed by atoms with Crippen LogP contribution < -0.4 is 4.74 Å². The van der Waals surface area contributed by atoms with E-state index in [2.05, 4.69) is 11.8 Å². The number of hydrogen-bond donors (Lipinski definition) is 0. The summed E-state index contributed by atoms with van der Waals surface area (Å²) in [6.45, 7) is 1.38. The lowest BCUT2D eigenvalue weighted by Crippen LogP contribution is -2.00. The summed E-state index contributed by atoms with van der Waals surface area (Å²) in [7, 11) is 0. The molecule has 2 nitrogen and oxygen atoms in total. The minimum absolute atomic E-state index is 0.286. The number of carbonyl (C=O) groups is 1. The largest absolute Gasteiger partial charge is 0.427 e. The third-order valence-electron chi connectivity index (χ3n) is 1.42. The number of hydrogen-bond acceptors (Lipinski definition) is 2. The second kappa shape index (κ2) is 9.37. The number of esters is 1. The van der Waals surface area contributed by atoms with E-state index in [0.717, 1.165) is 0 Å². The van der Waals surface area contributed by atoms with Crippen molar-refractivity contribution in [2.24, 2.45) is 0 Å². The van der Waals surface area contributed by atoms with Crippen LogP contribution in [0.1, 0.15) is 19.8 Å². The molecule has 0 aliphatic rings. The summed E-state index contributed by atoms with van der Waals surface area (Å²) < 4.78 is 4.78. The third-order valence-corrected chi connectivity index (χ3v) is 1.42. The molecule has 0 radical (unpaired) electrons. The van der Waals surface area contributed by atoms with Crippen molar-refractivity contribution in [1.29, 1.82) is 0 Å². The smallest absolute Gasteiger partial charge is 0.308 e. The fourth-order valence-electron chi connectivity index (χ4n) is 0.799. The van der Waals surface area contributed by atoms with Crippen LogP contribution in [0.15, 0.2) is 30.3 Å². The van der Waals surface area contributed by atoms with Gasteiger partial charge in [0.2, 0.25) is 0 Å². The Bertz CT molecular complexity index is 365. The lowest BCUT2D eigenvalue weighted by molar-refractivity contribution is -0.131. The second-order valence-electron chi connectivity index (χ2n) is 2.81. The van der Waals surface area contributed by atoms with Crippen molar-refractivity contribution in [3.63, 3.8) is 0 Å². The van der Waals surface area contributed by atoms with E-state index in [-0.39, 0.29) is 5.97 Å². The Morgan fingerprint density at radius 1 is 1.19 bits per heavy atom. The van der Waals surface area contributed by atoms with Crippen LogP contribution in [-0.2, 0) is 4.79 Å². The normalized spacial score (nSPS) is 7.69. The van der Waals surface area contributed by atoms with Gasteiger partial charge in [-0.2, -0.15) is 0 Å². The van der Waals surface area contributed by atoms with E-state index in [1.165, 1.54) is 6.92 Å². The van der Waals surface area contributed by atoms with Crippen molar-refractivity contribution < 1.29 is 9.53 Å². The number of rotatable bonds is 2. The van der Waals surface area contributed by atoms with Gasteiger partial charge in [0.25, 0.3) is 0 Å². The molecular weight excluding hydrogens is 200 g/mol. The van der Waals surface area contributed by atoms with E-state index in [1.807, 2.05) is 18.2 Å². The molecule has 1 aromatic carbocycles. The molecule has 0 amide bonds. The quantitative estimate of drug-likeness (QED) is 0.327. The van der Waals surface area contributed by atoms with E-state index >= 15 is 0 Å². The predicted molar refractivity (Wildman–Crippen MR) is 64.7 cm³/mol. The number of unbranched alkanes of at least 4 members (excludes halogenated alkanes) is 1. The molecule has 2 heteroatoms. The molecular formula is C14H14O2. The second-order valence-corrected chi connectivity index (χ2v) is 2.81. The Kier molecular flexibility index (Phi) is 8.09. The summed E-state index contributed by atoms with van der Waals surface area (Å²) in [6.07, 6.45) is 11.1. The van der Waals surface area contributed by atoms with Gasteiger partial charge in [-0.15, -0.1) is 24.7 Å². The summed E-state index contributed by atoms with van der Waals surface area (Å²) in [6, 6.07) is 8.98. The topological polar surface area (TPSA) is 26.3 Å². The highest BCUT2D eigenvalue weighted by molar-refractivity contribution is 5.69. The highest BCUT2D eigenvalue weighted by Crippen LogP contribution is 2.07. The molecule has 0 aliphatic heterocycles. The zero-order chi connectivity index (χ0) is 12.2. The summed E-state index contributed by atoms with van der Waals surface area (Å²) in [5, 5.41) is 0. The maximum absolute atomic E-state index is 10.4. The zero-order valence-corrected chi connectivity index (χ0v) is 9.27. The van der Waals surface area contributed by atoms with Crippen molar-refractivity contribution in [3.8, 4) is 30.4 Å². The molecule has 0 spiro atoms. The Morgan fingerprint density at radius 3 is 2.06 bits per heavy atom. The lowest BCUT2D eigenvalue weighted by Gasteiger charge is -1.97. The first-order valence-electron chi connectivity index (χ1n) is 4.81. The average molecular weight is 214 g/mol. The molecule has 0 aliphatic carbocycles. The standard InChI is InChI=1S/C8H8O2.C6H6/c1-7(9)10-8-5-3-2-4-6-8;1-3-5-6-4-2/h2-6H,1H3;1-2H,5-6H2. The number of terminal acetylenes is 2. The van der Waals surface area contributed by atoms with Gasteiger partial charge in [-0.25, -0.2) is 0 Å². The van der Waals surface area contributed by atoms with Crippen LogP contribution in [0.4, 0.5) is 0 Å². The van der Waals surface area contributed by atoms with Gasteiger partial charge in [-0.3, -0.25) is 4.79 Å². The molecule has 1 aromatic rings. The van der Waals surface area contributed by atoms with Gasteiger partial charge in [0.05, 0.1) is 0 Å². The van der Waals surface area contributed by atoms with Crippen LogP contribution >= 0.6 is 0 Å². The van der Waals surface area contributed by atoms with Crippen molar-refractivity contribution in [1.82, 2.24) is 0 Å². The summed E-state index contributed by atoms with van der Waals surface area (Å²) in [5.41, 5.74) is 0. The van der Waals surface area contributed by atoms with Crippen molar-refractivity contribution in [2.45, 2.75) is 19.8 Å². The van der Waals surface area contributed by atoms with Gasteiger partial charge in [0.1, 0.15) is 5.75 Å². The fraction of sp³-hybridized carbons (Fsp3) is 0.214. The molecule has 0 saturated carbocycles. The molecule has 0 atom stereocenters. The molecule has 0 fully saturated rings. The molecule has 0 aromatic heterocycles. The fourth-order valence-corrected chi connectivity index (χ4v) is 0.799. The number of ether oxygens (including phenoxy) is 1. The third kappa shape index (κ3) is 8.41. The van der Waals surface area contributed by atoms with Crippen LogP contribution in [0, 0.1) is 24.7 Å². The van der Waals surface area contributed by atoms with Crippen LogP contribution in [0.2, 0.25) is 0 Å². The maximum Gasteiger partial charge on any atom is 0.308 e. The summed E-state index contributed by atoms with van der Waals surface area (Å²) in [5.74, 6) is 5.16. The first-order chi connectivity index (χ1) is 7.70. The van der Waals surface area contributed by atoms with Gasteiger partial charge < -0.3 is 4.74 Å². The van der Waals surface area contributed by atoms with Gasteiger partial charge in [-0.05, 0) is 12.1 Å². The SMILES string of the molecule is C#CCCC#C.CC(=O)Oc1ccccc1. The molecule has 1 rings (SSSR count). The molecule has 0 unspecified atom stereocenters. The summed E-state index contributed by atoms with van der Waals surface area (Å²) >= 11 is 0. The van der Waals surface area contributed by atoms with E-state index in [9.17, 15) is 4.79 Å². The van der Waals surface area contributed by atoms with Crippen molar-refractivity contribution in [3.05, 3.63) is 30.3 Å².